The van der Waals surface area contributed by atoms with Crippen molar-refractivity contribution >= 4 is 17.0 Å². The molecule has 4 heterocycles. The second-order valence-corrected chi connectivity index (χ2v) is 5.95. The van der Waals surface area contributed by atoms with Crippen LogP contribution in [0.5, 0.6) is 0 Å². The van der Waals surface area contributed by atoms with Gasteiger partial charge in [0.2, 0.25) is 0 Å². The van der Waals surface area contributed by atoms with E-state index in [9.17, 15) is 4.39 Å². The zero-order valence-corrected chi connectivity index (χ0v) is 13.5. The molecule has 0 saturated heterocycles. The fourth-order valence-corrected chi connectivity index (χ4v) is 3.09. The van der Waals surface area contributed by atoms with E-state index in [-0.39, 0.29) is 5.82 Å². The van der Waals surface area contributed by atoms with Crippen LogP contribution in [0.2, 0.25) is 0 Å². The predicted molar refractivity (Wildman–Crippen MR) is 97.0 cm³/mol. The molecule has 0 fully saturated rings. The Bertz CT molecular complexity index is 1250. The summed E-state index contributed by atoms with van der Waals surface area (Å²) in [6.07, 6.45) is 3.54. The molecule has 1 aromatic carbocycles. The van der Waals surface area contributed by atoms with Gasteiger partial charge in [-0.3, -0.25) is 0 Å². The smallest absolute Gasteiger partial charge is 0.156 e. The second-order valence-electron chi connectivity index (χ2n) is 5.95. The summed E-state index contributed by atoms with van der Waals surface area (Å²) in [5, 5.41) is 9.32. The summed E-state index contributed by atoms with van der Waals surface area (Å²) in [7, 11) is 0. The van der Waals surface area contributed by atoms with E-state index in [4.69, 9.17) is 5.73 Å². The first-order valence-electron chi connectivity index (χ1n) is 8.05. The summed E-state index contributed by atoms with van der Waals surface area (Å²) in [6.45, 7) is 0. The number of imidazole rings is 1. The van der Waals surface area contributed by atoms with E-state index < -0.39 is 0 Å². The average molecular weight is 344 g/mol. The van der Waals surface area contributed by atoms with Crippen LogP contribution in [0.15, 0.2) is 67.0 Å². The fourth-order valence-electron chi connectivity index (χ4n) is 3.09. The highest BCUT2D eigenvalue weighted by molar-refractivity contribution is 5.90. The van der Waals surface area contributed by atoms with E-state index in [0.717, 1.165) is 28.0 Å². The Balaban J connectivity index is 1.81. The molecule has 0 aliphatic heterocycles. The number of halogens is 1. The monoisotopic (exact) mass is 344 g/mol. The number of nitrogen functional groups attached to an aromatic ring is 1. The van der Waals surface area contributed by atoms with Crippen LogP contribution in [0.25, 0.3) is 33.7 Å². The molecule has 0 spiro atoms. The molecule has 5 rings (SSSR count). The van der Waals surface area contributed by atoms with Crippen molar-refractivity contribution in [2.24, 2.45) is 0 Å². The Morgan fingerprint density at radius 2 is 1.73 bits per heavy atom. The van der Waals surface area contributed by atoms with Gasteiger partial charge in [0.1, 0.15) is 17.3 Å². The van der Waals surface area contributed by atoms with Crippen molar-refractivity contribution in [1.29, 1.82) is 0 Å². The molecular formula is C19H13FN6. The largest absolute Gasteiger partial charge is 0.382 e. The van der Waals surface area contributed by atoms with Crippen molar-refractivity contribution in [2.45, 2.75) is 0 Å². The maximum atomic E-state index is 13.3. The van der Waals surface area contributed by atoms with Gasteiger partial charge in [0.15, 0.2) is 5.65 Å². The van der Waals surface area contributed by atoms with Crippen LogP contribution in [0.3, 0.4) is 0 Å². The van der Waals surface area contributed by atoms with Crippen LogP contribution in [0.4, 0.5) is 10.2 Å². The van der Waals surface area contributed by atoms with Gasteiger partial charge in [-0.05, 0) is 48.5 Å². The molecule has 0 radical (unpaired) electrons. The van der Waals surface area contributed by atoms with Crippen molar-refractivity contribution < 1.29 is 4.39 Å². The molecule has 0 atom stereocenters. The summed E-state index contributed by atoms with van der Waals surface area (Å²) >= 11 is 0. The summed E-state index contributed by atoms with van der Waals surface area (Å²) in [4.78, 5) is 4.20. The van der Waals surface area contributed by atoms with Gasteiger partial charge in [-0.2, -0.15) is 10.2 Å². The summed E-state index contributed by atoms with van der Waals surface area (Å²) < 4.78 is 16.8. The van der Waals surface area contributed by atoms with E-state index in [1.54, 1.807) is 27.4 Å². The highest BCUT2D eigenvalue weighted by atomic mass is 19.1. The lowest BCUT2D eigenvalue weighted by atomic mass is 10.0. The van der Waals surface area contributed by atoms with Gasteiger partial charge in [-0.1, -0.05) is 6.07 Å². The Labute approximate surface area is 147 Å². The third-order valence-corrected chi connectivity index (χ3v) is 4.25. The molecule has 5 aromatic rings. The summed E-state index contributed by atoms with van der Waals surface area (Å²) in [5.41, 5.74) is 10.5. The van der Waals surface area contributed by atoms with Crippen LogP contribution in [0.1, 0.15) is 0 Å². The summed E-state index contributed by atoms with van der Waals surface area (Å²) in [6, 6.07) is 15.9. The molecule has 0 aliphatic rings. The van der Waals surface area contributed by atoms with Crippen molar-refractivity contribution in [3.8, 4) is 22.5 Å². The Kier molecular flexibility index (Phi) is 3.02. The maximum Gasteiger partial charge on any atom is 0.156 e. The number of anilines is 1. The van der Waals surface area contributed by atoms with E-state index in [0.29, 0.717) is 11.5 Å². The highest BCUT2D eigenvalue weighted by Crippen LogP contribution is 2.34. The molecule has 0 amide bonds. The number of fused-ring (bicyclic) bond motifs is 2. The molecule has 0 bridgehead atoms. The second kappa shape index (κ2) is 5.38. The Hall–Kier alpha value is -3.74. The number of hydrogen-bond acceptors (Lipinski definition) is 4. The SMILES string of the molecule is Nc1cn2nc(-c3c(-c4ccc(F)cc4)nn4ccccc34)ccc2n1. The van der Waals surface area contributed by atoms with Gasteiger partial charge < -0.3 is 5.73 Å². The van der Waals surface area contributed by atoms with Crippen LogP contribution < -0.4 is 5.73 Å². The molecule has 2 N–H and O–H groups in total. The van der Waals surface area contributed by atoms with Crippen LogP contribution in [-0.2, 0) is 0 Å². The highest BCUT2D eigenvalue weighted by Gasteiger charge is 2.18. The van der Waals surface area contributed by atoms with Crippen LogP contribution >= 0.6 is 0 Å². The van der Waals surface area contributed by atoms with Crippen LogP contribution in [-0.4, -0.2) is 24.2 Å². The minimum Gasteiger partial charge on any atom is -0.382 e. The number of benzene rings is 1. The minimum atomic E-state index is -0.285. The molecule has 7 heteroatoms. The van der Waals surface area contributed by atoms with Gasteiger partial charge in [0.05, 0.1) is 23.0 Å². The first-order chi connectivity index (χ1) is 12.7. The van der Waals surface area contributed by atoms with E-state index in [1.807, 2.05) is 36.5 Å². The minimum absolute atomic E-state index is 0.285. The number of nitrogens with two attached hydrogens (primary N) is 1. The third-order valence-electron chi connectivity index (χ3n) is 4.25. The summed E-state index contributed by atoms with van der Waals surface area (Å²) in [5.74, 6) is 0.126. The fraction of sp³-hybridized carbons (Fsp3) is 0. The standard InChI is InChI=1S/C19H13FN6/c20-13-6-4-12(5-7-13)19-18(15-3-1-2-10-25(15)24-19)14-8-9-17-22-16(21)11-26(17)23-14/h1-11H,21H2. The molecule has 0 aliphatic carbocycles. The lowest BCUT2D eigenvalue weighted by molar-refractivity contribution is 0.628. The quantitative estimate of drug-likeness (QED) is 0.532. The van der Waals surface area contributed by atoms with E-state index >= 15 is 0 Å². The Morgan fingerprint density at radius 1 is 0.885 bits per heavy atom. The lowest BCUT2D eigenvalue weighted by Crippen LogP contribution is -1.94. The van der Waals surface area contributed by atoms with Crippen molar-refractivity contribution in [3.05, 3.63) is 72.8 Å². The topological polar surface area (TPSA) is 73.5 Å². The Morgan fingerprint density at radius 3 is 2.58 bits per heavy atom. The molecule has 26 heavy (non-hydrogen) atoms. The molecule has 6 nitrogen and oxygen atoms in total. The first-order valence-corrected chi connectivity index (χ1v) is 8.05. The van der Waals surface area contributed by atoms with Crippen molar-refractivity contribution in [3.63, 3.8) is 0 Å². The molecular weight excluding hydrogens is 331 g/mol. The van der Waals surface area contributed by atoms with Gasteiger partial charge in [-0.15, -0.1) is 0 Å². The third kappa shape index (κ3) is 2.21. The number of aromatic nitrogens is 5. The molecule has 4 aromatic heterocycles. The van der Waals surface area contributed by atoms with E-state index in [2.05, 4.69) is 15.2 Å². The zero-order valence-electron chi connectivity index (χ0n) is 13.5. The van der Waals surface area contributed by atoms with Crippen molar-refractivity contribution in [1.82, 2.24) is 24.2 Å². The van der Waals surface area contributed by atoms with Gasteiger partial charge in [-0.25, -0.2) is 18.4 Å². The maximum absolute atomic E-state index is 13.3. The van der Waals surface area contributed by atoms with Crippen LogP contribution in [0, 0.1) is 5.82 Å². The predicted octanol–water partition coefficient (Wildman–Crippen LogP) is 3.43. The first kappa shape index (κ1) is 14.6. The number of hydrogen-bond donors (Lipinski definition) is 1. The normalized spacial score (nSPS) is 11.4. The van der Waals surface area contributed by atoms with Gasteiger partial charge >= 0.3 is 0 Å². The number of rotatable bonds is 2. The molecule has 0 saturated carbocycles. The van der Waals surface area contributed by atoms with Gasteiger partial charge in [0, 0.05) is 11.8 Å². The van der Waals surface area contributed by atoms with Crippen molar-refractivity contribution in [2.75, 3.05) is 5.73 Å². The number of nitrogens with zero attached hydrogens (tertiary/aromatic N) is 5. The zero-order chi connectivity index (χ0) is 17.7. The van der Waals surface area contributed by atoms with E-state index in [1.165, 1.54) is 12.1 Å². The molecule has 0 unspecified atom stereocenters. The van der Waals surface area contributed by atoms with Gasteiger partial charge in [0.25, 0.3) is 0 Å². The average Bonchev–Trinajstić information content (AvgIpc) is 3.21. The number of pyridine rings is 1. The molecule has 126 valence electrons. The lowest BCUT2D eigenvalue weighted by Gasteiger charge is -2.04.